The average molecular weight is 369 g/mol. The molecular weight excluding hydrogens is 347 g/mol. The van der Waals surface area contributed by atoms with Gasteiger partial charge in [0.25, 0.3) is 0 Å². The molecule has 0 atom stereocenters. The third-order valence-electron chi connectivity index (χ3n) is 4.05. The molecular formula is C17H22ClFN4O2. The first kappa shape index (κ1) is 19.4. The van der Waals surface area contributed by atoms with Crippen LogP contribution in [0.5, 0.6) is 0 Å². The summed E-state index contributed by atoms with van der Waals surface area (Å²) in [6, 6.07) is 6.28. The van der Waals surface area contributed by atoms with Crippen LogP contribution in [0.2, 0.25) is 0 Å². The molecule has 0 unspecified atom stereocenters. The first-order valence-electron chi connectivity index (χ1n) is 8.08. The second-order valence-electron chi connectivity index (χ2n) is 5.70. The average Bonchev–Trinajstić information content (AvgIpc) is 3.08. The summed E-state index contributed by atoms with van der Waals surface area (Å²) < 4.78 is 18.3. The molecule has 1 aliphatic heterocycles. The number of benzene rings is 1. The molecule has 3 rings (SSSR count). The number of aromatic nitrogens is 2. The van der Waals surface area contributed by atoms with E-state index in [0.717, 1.165) is 16.8 Å². The molecule has 1 aromatic carbocycles. The Labute approximate surface area is 152 Å². The number of H-pyrrole nitrogens is 1. The van der Waals surface area contributed by atoms with Gasteiger partial charge >= 0.3 is 0 Å². The lowest BCUT2D eigenvalue weighted by atomic mass is 10.1. The Morgan fingerprint density at radius 1 is 1.28 bits per heavy atom. The largest absolute Gasteiger partial charge is 0.378 e. The lowest BCUT2D eigenvalue weighted by Crippen LogP contribution is -2.41. The van der Waals surface area contributed by atoms with Crippen LogP contribution in [-0.4, -0.2) is 53.9 Å². The summed E-state index contributed by atoms with van der Waals surface area (Å²) in [5.41, 5.74) is 2.73. The number of amides is 1. The minimum absolute atomic E-state index is 0. The number of ether oxygens (including phenoxy) is 1. The number of hydrogen-bond donors (Lipinski definition) is 2. The standard InChI is InChI=1S/C17H21FN4O2.ClH/c18-15-3-1-13(2-4-15)17-14(12-20-21-17)11-19-6-5-16(23)22-7-9-24-10-8-22;/h1-4,12,19H,5-11H2,(H,20,21);1H. The molecule has 2 N–H and O–H groups in total. The van der Waals surface area contributed by atoms with Crippen molar-refractivity contribution in [1.29, 1.82) is 0 Å². The molecule has 0 radical (unpaired) electrons. The highest BCUT2D eigenvalue weighted by Crippen LogP contribution is 2.21. The quantitative estimate of drug-likeness (QED) is 0.765. The maximum absolute atomic E-state index is 13.0. The lowest BCUT2D eigenvalue weighted by molar-refractivity contribution is -0.135. The Hall–Kier alpha value is -1.96. The number of hydrogen-bond acceptors (Lipinski definition) is 4. The van der Waals surface area contributed by atoms with Crippen molar-refractivity contribution in [2.75, 3.05) is 32.8 Å². The van der Waals surface area contributed by atoms with Crippen LogP contribution in [0.25, 0.3) is 11.3 Å². The molecule has 8 heteroatoms. The van der Waals surface area contributed by atoms with Crippen molar-refractivity contribution in [2.24, 2.45) is 0 Å². The molecule has 1 saturated heterocycles. The topological polar surface area (TPSA) is 70.2 Å². The number of halogens is 2. The van der Waals surface area contributed by atoms with Gasteiger partial charge in [0.05, 0.1) is 25.1 Å². The number of carbonyl (C=O) groups is 1. The highest BCUT2D eigenvalue weighted by Gasteiger charge is 2.16. The molecule has 2 aromatic rings. The van der Waals surface area contributed by atoms with E-state index in [4.69, 9.17) is 4.74 Å². The Kier molecular flexibility index (Phi) is 7.36. The van der Waals surface area contributed by atoms with Crippen molar-refractivity contribution in [2.45, 2.75) is 13.0 Å². The van der Waals surface area contributed by atoms with Gasteiger partial charge in [-0.1, -0.05) is 0 Å². The van der Waals surface area contributed by atoms with Crippen LogP contribution in [0.1, 0.15) is 12.0 Å². The normalized spacial score (nSPS) is 14.2. The summed E-state index contributed by atoms with van der Waals surface area (Å²) in [7, 11) is 0. The lowest BCUT2D eigenvalue weighted by Gasteiger charge is -2.26. The van der Waals surface area contributed by atoms with Crippen molar-refractivity contribution < 1.29 is 13.9 Å². The van der Waals surface area contributed by atoms with Gasteiger partial charge in [-0.3, -0.25) is 9.89 Å². The third kappa shape index (κ3) is 5.26. The molecule has 1 amide bonds. The minimum Gasteiger partial charge on any atom is -0.378 e. The predicted molar refractivity (Wildman–Crippen MR) is 95.0 cm³/mol. The zero-order valence-electron chi connectivity index (χ0n) is 13.8. The summed E-state index contributed by atoms with van der Waals surface area (Å²) >= 11 is 0. The van der Waals surface area contributed by atoms with Crippen LogP contribution in [0, 0.1) is 5.82 Å². The van der Waals surface area contributed by atoms with Crippen molar-refractivity contribution in [3.8, 4) is 11.3 Å². The number of aromatic amines is 1. The van der Waals surface area contributed by atoms with Crippen molar-refractivity contribution in [1.82, 2.24) is 20.4 Å². The molecule has 0 spiro atoms. The van der Waals surface area contributed by atoms with E-state index in [9.17, 15) is 9.18 Å². The van der Waals surface area contributed by atoms with E-state index < -0.39 is 0 Å². The van der Waals surface area contributed by atoms with Crippen molar-refractivity contribution >= 4 is 18.3 Å². The smallest absolute Gasteiger partial charge is 0.224 e. The van der Waals surface area contributed by atoms with Gasteiger partial charge in [0, 0.05) is 43.7 Å². The van der Waals surface area contributed by atoms with Gasteiger partial charge in [-0.05, 0) is 24.3 Å². The molecule has 136 valence electrons. The van der Waals surface area contributed by atoms with E-state index >= 15 is 0 Å². The van der Waals surface area contributed by atoms with Crippen LogP contribution in [-0.2, 0) is 16.1 Å². The Morgan fingerprint density at radius 2 is 2.00 bits per heavy atom. The molecule has 25 heavy (non-hydrogen) atoms. The molecule has 1 aliphatic rings. The zero-order valence-corrected chi connectivity index (χ0v) is 14.7. The number of nitrogens with one attached hydrogen (secondary N) is 2. The molecule has 1 fully saturated rings. The van der Waals surface area contributed by atoms with E-state index in [2.05, 4.69) is 15.5 Å². The fourth-order valence-electron chi connectivity index (χ4n) is 2.70. The Morgan fingerprint density at radius 3 is 2.72 bits per heavy atom. The highest BCUT2D eigenvalue weighted by molar-refractivity contribution is 5.85. The van der Waals surface area contributed by atoms with Gasteiger partial charge < -0.3 is 15.0 Å². The van der Waals surface area contributed by atoms with Crippen LogP contribution >= 0.6 is 12.4 Å². The van der Waals surface area contributed by atoms with Gasteiger partial charge in [0.1, 0.15) is 5.82 Å². The fourth-order valence-corrected chi connectivity index (χ4v) is 2.70. The van der Waals surface area contributed by atoms with E-state index in [1.807, 2.05) is 4.90 Å². The SMILES string of the molecule is Cl.O=C(CCNCc1cn[nH]c1-c1ccc(F)cc1)N1CCOCC1. The Bertz CT molecular complexity index is 672. The summed E-state index contributed by atoms with van der Waals surface area (Å²) in [5.74, 6) is -0.115. The van der Waals surface area contributed by atoms with E-state index in [1.54, 1.807) is 18.3 Å². The molecule has 0 aliphatic carbocycles. The third-order valence-corrected chi connectivity index (χ3v) is 4.05. The number of carbonyl (C=O) groups excluding carboxylic acids is 1. The molecule has 2 heterocycles. The summed E-state index contributed by atoms with van der Waals surface area (Å²) in [6.45, 7) is 3.79. The zero-order chi connectivity index (χ0) is 16.8. The second kappa shape index (κ2) is 9.50. The number of morpholine rings is 1. The van der Waals surface area contributed by atoms with Gasteiger partial charge in [0.15, 0.2) is 0 Å². The van der Waals surface area contributed by atoms with Crippen LogP contribution < -0.4 is 5.32 Å². The maximum Gasteiger partial charge on any atom is 0.224 e. The molecule has 0 bridgehead atoms. The van der Waals surface area contributed by atoms with Crippen molar-refractivity contribution in [3.05, 3.63) is 41.8 Å². The highest BCUT2D eigenvalue weighted by atomic mass is 35.5. The van der Waals surface area contributed by atoms with Gasteiger partial charge in [-0.2, -0.15) is 5.10 Å². The first-order valence-corrected chi connectivity index (χ1v) is 8.08. The molecule has 1 aromatic heterocycles. The summed E-state index contributed by atoms with van der Waals surface area (Å²) in [4.78, 5) is 13.9. The maximum atomic E-state index is 13.0. The van der Waals surface area contributed by atoms with E-state index in [0.29, 0.717) is 45.8 Å². The fraction of sp³-hybridized carbons (Fsp3) is 0.412. The van der Waals surface area contributed by atoms with Crippen LogP contribution in [0.3, 0.4) is 0 Å². The first-order chi connectivity index (χ1) is 11.7. The van der Waals surface area contributed by atoms with E-state index in [-0.39, 0.29) is 24.1 Å². The number of nitrogens with zero attached hydrogens (tertiary/aromatic N) is 2. The summed E-state index contributed by atoms with van der Waals surface area (Å²) in [5, 5.41) is 10.3. The van der Waals surface area contributed by atoms with Gasteiger partial charge in [-0.15, -0.1) is 12.4 Å². The van der Waals surface area contributed by atoms with Crippen molar-refractivity contribution in [3.63, 3.8) is 0 Å². The van der Waals surface area contributed by atoms with E-state index in [1.165, 1.54) is 12.1 Å². The van der Waals surface area contributed by atoms with Crippen LogP contribution in [0.4, 0.5) is 4.39 Å². The monoisotopic (exact) mass is 368 g/mol. The minimum atomic E-state index is -0.264. The predicted octanol–water partition coefficient (Wildman–Crippen LogP) is 1.98. The van der Waals surface area contributed by atoms with Gasteiger partial charge in [0.2, 0.25) is 5.91 Å². The Balaban J connectivity index is 0.00000225. The number of rotatable bonds is 6. The second-order valence-corrected chi connectivity index (χ2v) is 5.70. The summed E-state index contributed by atoms with van der Waals surface area (Å²) in [6.07, 6.45) is 2.21. The van der Waals surface area contributed by atoms with Gasteiger partial charge in [-0.25, -0.2) is 4.39 Å². The molecule has 6 nitrogen and oxygen atoms in total. The van der Waals surface area contributed by atoms with Crippen LogP contribution in [0.15, 0.2) is 30.5 Å². The molecule has 0 saturated carbocycles.